The largest absolute Gasteiger partial charge is 0.507 e. The smallest absolute Gasteiger partial charge is 0.256 e. The third kappa shape index (κ3) is 9.67. The Morgan fingerprint density at radius 1 is 1.00 bits per heavy atom. The molecular formula is C27H40I3N5O7. The zero-order chi connectivity index (χ0) is 31.6. The fourth-order valence-corrected chi connectivity index (χ4v) is 8.90. The molecule has 1 aliphatic heterocycles. The van der Waals surface area contributed by atoms with E-state index in [0.717, 1.165) is 12.8 Å². The van der Waals surface area contributed by atoms with Gasteiger partial charge in [-0.05, 0) is 119 Å². The number of nitrogens with two attached hydrogens (primary N) is 1. The van der Waals surface area contributed by atoms with Crippen LogP contribution in [0.25, 0.3) is 0 Å². The van der Waals surface area contributed by atoms with E-state index in [0.29, 0.717) is 55.5 Å². The lowest BCUT2D eigenvalue weighted by molar-refractivity contribution is -0.134. The predicted octanol–water partition coefficient (Wildman–Crippen LogP) is 3.13. The summed E-state index contributed by atoms with van der Waals surface area (Å²) in [4.78, 5) is 44.3. The Hall–Kier alpha value is -1.16. The predicted molar refractivity (Wildman–Crippen MR) is 185 cm³/mol. The maximum Gasteiger partial charge on any atom is 0.256 e. The summed E-state index contributed by atoms with van der Waals surface area (Å²) in [6.07, 6.45) is 3.51. The molecular weight excluding hydrogens is 887 g/mol. The molecule has 1 saturated heterocycles. The van der Waals surface area contributed by atoms with E-state index in [4.69, 9.17) is 5.73 Å². The number of nitrogens with one attached hydrogen (secondary N) is 2. The second-order valence-electron chi connectivity index (χ2n) is 10.2. The van der Waals surface area contributed by atoms with Crippen LogP contribution in [0.4, 0.5) is 5.69 Å². The molecule has 42 heavy (non-hydrogen) atoms. The van der Waals surface area contributed by atoms with Gasteiger partial charge < -0.3 is 46.6 Å². The first-order valence-electron chi connectivity index (χ1n) is 13.8. The van der Waals surface area contributed by atoms with Crippen LogP contribution in [0.2, 0.25) is 0 Å². The van der Waals surface area contributed by atoms with Gasteiger partial charge in [-0.1, -0.05) is 6.92 Å². The maximum atomic E-state index is 14.0. The zero-order valence-corrected chi connectivity index (χ0v) is 30.2. The van der Waals surface area contributed by atoms with Gasteiger partial charge in [0.05, 0.1) is 37.2 Å². The first-order valence-corrected chi connectivity index (χ1v) is 17.0. The fraction of sp³-hybridized carbons (Fsp3) is 0.593. The van der Waals surface area contributed by atoms with Gasteiger partial charge in [-0.3, -0.25) is 14.4 Å². The summed E-state index contributed by atoms with van der Waals surface area (Å²) < 4.78 is 1.02. The number of nitrogens with zero attached hydrogens (tertiary/aromatic N) is 2. The van der Waals surface area contributed by atoms with Crippen LogP contribution in [0.1, 0.15) is 66.7 Å². The highest BCUT2D eigenvalue weighted by atomic mass is 127. The van der Waals surface area contributed by atoms with Crippen LogP contribution in [0.15, 0.2) is 11.6 Å². The van der Waals surface area contributed by atoms with E-state index >= 15 is 0 Å². The summed E-state index contributed by atoms with van der Waals surface area (Å²) in [5.41, 5.74) is 6.12. The molecule has 1 unspecified atom stereocenters. The van der Waals surface area contributed by atoms with Crippen molar-refractivity contribution in [3.63, 3.8) is 0 Å². The fourth-order valence-electron chi connectivity index (χ4n) is 4.51. The molecule has 1 aromatic rings. The maximum absolute atomic E-state index is 14.0. The van der Waals surface area contributed by atoms with Crippen LogP contribution in [-0.4, -0.2) is 99.9 Å². The molecule has 1 aromatic carbocycles. The lowest BCUT2D eigenvalue weighted by Gasteiger charge is -2.33. The van der Waals surface area contributed by atoms with E-state index in [9.17, 15) is 34.8 Å². The molecule has 8 N–H and O–H groups in total. The highest BCUT2D eigenvalue weighted by Crippen LogP contribution is 2.37. The Balaban J connectivity index is 2.62. The van der Waals surface area contributed by atoms with E-state index in [-0.39, 0.29) is 49.0 Å². The average molecular weight is 927 g/mol. The molecule has 0 bridgehead atoms. The number of amides is 3. The lowest BCUT2D eigenvalue weighted by Crippen LogP contribution is -2.51. The number of likely N-dealkylation sites (tertiary alicyclic amines) is 1. The molecule has 3 amide bonds. The summed E-state index contributed by atoms with van der Waals surface area (Å²) in [5, 5.41) is 44.8. The van der Waals surface area contributed by atoms with Crippen LogP contribution in [-0.2, 0) is 4.79 Å². The SMILES string of the molecule is C/C(O)=C(/O)Nc1c(I)c(C(=O)NC(CCCCN)C(=O)N2CCC(C)CC2)c(I)c(C(=O)N(CCO)CCO)c1I. The molecule has 0 saturated carbocycles. The van der Waals surface area contributed by atoms with Crippen LogP contribution >= 0.6 is 67.8 Å². The molecule has 1 atom stereocenters. The Morgan fingerprint density at radius 2 is 1.57 bits per heavy atom. The molecule has 236 valence electrons. The first-order chi connectivity index (χ1) is 19.9. The first kappa shape index (κ1) is 37.0. The highest BCUT2D eigenvalue weighted by molar-refractivity contribution is 14.1. The molecule has 0 aliphatic carbocycles. The van der Waals surface area contributed by atoms with Gasteiger partial charge in [0.1, 0.15) is 11.8 Å². The van der Waals surface area contributed by atoms with Crippen molar-refractivity contribution in [2.75, 3.05) is 51.3 Å². The molecule has 0 aromatic heterocycles. The number of unbranched alkanes of at least 4 members (excludes halogenated alkanes) is 1. The summed E-state index contributed by atoms with van der Waals surface area (Å²) in [7, 11) is 0. The molecule has 1 fully saturated rings. The van der Waals surface area contributed by atoms with Crippen molar-refractivity contribution in [2.24, 2.45) is 11.7 Å². The number of halogens is 3. The number of hydrogen-bond acceptors (Lipinski definition) is 9. The number of aliphatic hydroxyl groups excluding tert-OH is 4. The van der Waals surface area contributed by atoms with Crippen molar-refractivity contribution >= 4 is 91.2 Å². The number of aliphatic hydroxyl groups is 4. The van der Waals surface area contributed by atoms with E-state index in [1.807, 2.05) is 67.8 Å². The summed E-state index contributed by atoms with van der Waals surface area (Å²) in [6, 6.07) is -0.799. The Kier molecular flexibility index (Phi) is 15.8. The number of hydrogen-bond donors (Lipinski definition) is 7. The monoisotopic (exact) mass is 927 g/mol. The Bertz CT molecular complexity index is 1150. The van der Waals surface area contributed by atoms with E-state index in [1.165, 1.54) is 11.8 Å². The van der Waals surface area contributed by atoms with Crippen molar-refractivity contribution in [3.05, 3.63) is 33.5 Å². The molecule has 15 heteroatoms. The average Bonchev–Trinajstić information content (AvgIpc) is 2.94. The second kappa shape index (κ2) is 18.0. The van der Waals surface area contributed by atoms with Gasteiger partial charge in [0.2, 0.25) is 11.8 Å². The van der Waals surface area contributed by atoms with Crippen LogP contribution in [0.5, 0.6) is 0 Å². The number of rotatable bonds is 14. The minimum absolute atomic E-state index is 0.0467. The van der Waals surface area contributed by atoms with E-state index < -0.39 is 29.5 Å². The van der Waals surface area contributed by atoms with Gasteiger partial charge in [0.15, 0.2) is 0 Å². The summed E-state index contributed by atoms with van der Waals surface area (Å²) in [6.45, 7) is 4.36. The van der Waals surface area contributed by atoms with Gasteiger partial charge in [0.25, 0.3) is 11.8 Å². The number of carbonyl (C=O) groups excluding carboxylic acids is 3. The van der Waals surface area contributed by atoms with Gasteiger partial charge in [-0.2, -0.15) is 0 Å². The van der Waals surface area contributed by atoms with E-state index in [2.05, 4.69) is 17.6 Å². The zero-order valence-electron chi connectivity index (χ0n) is 23.8. The number of carbonyl (C=O) groups is 3. The van der Waals surface area contributed by atoms with Gasteiger partial charge >= 0.3 is 0 Å². The molecule has 1 heterocycles. The highest BCUT2D eigenvalue weighted by Gasteiger charge is 2.33. The van der Waals surface area contributed by atoms with Gasteiger partial charge in [-0.25, -0.2) is 0 Å². The molecule has 1 aliphatic rings. The molecule has 0 spiro atoms. The third-order valence-electron chi connectivity index (χ3n) is 7.02. The summed E-state index contributed by atoms with van der Waals surface area (Å²) in [5.74, 6) is -1.71. The van der Waals surface area contributed by atoms with Crippen molar-refractivity contribution in [1.82, 2.24) is 15.1 Å². The molecule has 0 radical (unpaired) electrons. The van der Waals surface area contributed by atoms with Crippen LogP contribution < -0.4 is 16.4 Å². The summed E-state index contributed by atoms with van der Waals surface area (Å²) >= 11 is 5.77. The van der Waals surface area contributed by atoms with Crippen LogP contribution in [0, 0.1) is 16.6 Å². The van der Waals surface area contributed by atoms with Gasteiger partial charge in [-0.15, -0.1) is 0 Å². The second-order valence-corrected chi connectivity index (χ2v) is 13.4. The molecule has 12 nitrogen and oxygen atoms in total. The topological polar surface area (TPSA) is 189 Å². The Morgan fingerprint density at radius 3 is 2.10 bits per heavy atom. The van der Waals surface area contributed by atoms with E-state index in [1.54, 1.807) is 4.90 Å². The minimum Gasteiger partial charge on any atom is -0.507 e. The van der Waals surface area contributed by atoms with Crippen molar-refractivity contribution in [1.29, 1.82) is 0 Å². The molecule has 2 rings (SSSR count). The number of benzene rings is 1. The standard InChI is InChI=1S/C27H40I3N5O7/c1-15-6-9-34(10-7-15)26(41)17(5-3-4-8-31)32-25(40)18-20(28)19(27(42)35(11-13-36)12-14-37)22(30)23(21(18)29)33-24(39)16(2)38/h15,17,33,36-39H,3-14,31H2,1-2H3,(H,32,40)/b24-16-. The Labute approximate surface area is 287 Å². The van der Waals surface area contributed by atoms with Crippen LogP contribution in [0.3, 0.4) is 0 Å². The lowest BCUT2D eigenvalue weighted by atomic mass is 9.98. The number of piperidine rings is 1. The van der Waals surface area contributed by atoms with Crippen molar-refractivity contribution in [2.45, 2.75) is 52.0 Å². The quantitative estimate of drug-likeness (QED) is 0.0837. The van der Waals surface area contributed by atoms with Crippen molar-refractivity contribution < 1.29 is 34.8 Å². The normalized spacial score (nSPS) is 15.2. The third-order valence-corrected chi connectivity index (χ3v) is 10.3. The number of anilines is 1. The minimum atomic E-state index is -0.799. The van der Waals surface area contributed by atoms with Crippen molar-refractivity contribution in [3.8, 4) is 0 Å². The van der Waals surface area contributed by atoms with Gasteiger partial charge in [0, 0.05) is 29.7 Å². The number of allylic oxidation sites excluding steroid dienone is 1.